The molecule has 0 aliphatic rings. The third kappa shape index (κ3) is 2.82. The summed E-state index contributed by atoms with van der Waals surface area (Å²) in [6.07, 6.45) is 1.73. The van der Waals surface area contributed by atoms with E-state index >= 15 is 0 Å². The Morgan fingerprint density at radius 2 is 2.00 bits per heavy atom. The Hall–Kier alpha value is -1.13. The number of rotatable bonds is 6. The molecular formula is C14H26N4. The van der Waals surface area contributed by atoms with Gasteiger partial charge in [0.1, 0.15) is 5.82 Å². The molecule has 1 aromatic rings. The van der Waals surface area contributed by atoms with Crippen LogP contribution in [0.5, 0.6) is 0 Å². The molecule has 4 heteroatoms. The summed E-state index contributed by atoms with van der Waals surface area (Å²) >= 11 is 0. The van der Waals surface area contributed by atoms with E-state index in [1.807, 2.05) is 13.1 Å². The summed E-state index contributed by atoms with van der Waals surface area (Å²) in [5.74, 6) is 0.608. The maximum Gasteiger partial charge on any atom is 0.128 e. The molecule has 1 atom stereocenters. The van der Waals surface area contributed by atoms with E-state index in [0.29, 0.717) is 5.82 Å². The molecule has 0 aliphatic carbocycles. The molecule has 0 amide bonds. The summed E-state index contributed by atoms with van der Waals surface area (Å²) in [6, 6.07) is 4.15. The Labute approximate surface area is 111 Å². The van der Waals surface area contributed by atoms with Crippen molar-refractivity contribution >= 4 is 5.82 Å². The molecule has 0 aliphatic heterocycles. The molecule has 1 rings (SSSR count). The summed E-state index contributed by atoms with van der Waals surface area (Å²) in [6.45, 7) is 10.9. The zero-order valence-corrected chi connectivity index (χ0v) is 12.2. The third-order valence-corrected chi connectivity index (χ3v) is 3.76. The molecule has 102 valence electrons. The van der Waals surface area contributed by atoms with Crippen molar-refractivity contribution in [1.29, 1.82) is 0 Å². The van der Waals surface area contributed by atoms with E-state index in [-0.39, 0.29) is 11.6 Å². The van der Waals surface area contributed by atoms with Gasteiger partial charge in [-0.1, -0.05) is 19.9 Å². The number of pyridine rings is 1. The third-order valence-electron chi connectivity index (χ3n) is 3.76. The number of nitrogens with two attached hydrogens (primary N) is 1. The number of nitrogens with one attached hydrogen (secondary N) is 1. The van der Waals surface area contributed by atoms with Gasteiger partial charge < -0.3 is 11.1 Å². The van der Waals surface area contributed by atoms with Crippen LogP contribution in [-0.2, 0) is 0 Å². The highest BCUT2D eigenvalue weighted by Crippen LogP contribution is 2.32. The maximum atomic E-state index is 6.01. The minimum Gasteiger partial charge on any atom is -0.383 e. The van der Waals surface area contributed by atoms with Crippen molar-refractivity contribution in [3.8, 4) is 0 Å². The first-order valence-electron chi connectivity index (χ1n) is 6.61. The second kappa shape index (κ2) is 6.16. The van der Waals surface area contributed by atoms with Crippen LogP contribution in [0, 0.1) is 0 Å². The highest BCUT2D eigenvalue weighted by atomic mass is 15.2. The van der Waals surface area contributed by atoms with Crippen LogP contribution in [-0.4, -0.2) is 35.6 Å². The van der Waals surface area contributed by atoms with Crippen LogP contribution < -0.4 is 11.1 Å². The molecule has 0 fully saturated rings. The van der Waals surface area contributed by atoms with Gasteiger partial charge in [0, 0.05) is 17.3 Å². The lowest BCUT2D eigenvalue weighted by atomic mass is 9.87. The first-order chi connectivity index (χ1) is 8.48. The van der Waals surface area contributed by atoms with E-state index in [2.05, 4.69) is 49.0 Å². The quantitative estimate of drug-likeness (QED) is 0.811. The van der Waals surface area contributed by atoms with Gasteiger partial charge in [-0.2, -0.15) is 0 Å². The summed E-state index contributed by atoms with van der Waals surface area (Å²) < 4.78 is 0. The topological polar surface area (TPSA) is 54.2 Å². The van der Waals surface area contributed by atoms with Gasteiger partial charge in [-0.3, -0.25) is 4.90 Å². The van der Waals surface area contributed by atoms with Crippen molar-refractivity contribution in [3.63, 3.8) is 0 Å². The molecule has 0 spiro atoms. The fourth-order valence-electron chi connectivity index (χ4n) is 2.78. The molecule has 0 bridgehead atoms. The van der Waals surface area contributed by atoms with E-state index in [0.717, 1.165) is 18.7 Å². The fourth-order valence-corrected chi connectivity index (χ4v) is 2.78. The van der Waals surface area contributed by atoms with E-state index < -0.39 is 0 Å². The van der Waals surface area contributed by atoms with Crippen LogP contribution in [0.3, 0.4) is 0 Å². The molecule has 1 unspecified atom stereocenters. The smallest absolute Gasteiger partial charge is 0.128 e. The summed E-state index contributed by atoms with van der Waals surface area (Å²) in [4.78, 5) is 6.62. The lowest BCUT2D eigenvalue weighted by molar-refractivity contribution is 0.0946. The van der Waals surface area contributed by atoms with Gasteiger partial charge in [0.25, 0.3) is 0 Å². The Balaban J connectivity index is 3.13. The van der Waals surface area contributed by atoms with Crippen molar-refractivity contribution in [2.75, 3.05) is 25.9 Å². The zero-order valence-electron chi connectivity index (χ0n) is 12.2. The molecule has 4 nitrogen and oxygen atoms in total. The molecule has 1 heterocycles. The van der Waals surface area contributed by atoms with Gasteiger partial charge >= 0.3 is 0 Å². The Morgan fingerprint density at radius 1 is 1.39 bits per heavy atom. The summed E-state index contributed by atoms with van der Waals surface area (Å²) in [5.41, 5.74) is 7.06. The first-order valence-corrected chi connectivity index (χ1v) is 6.61. The van der Waals surface area contributed by atoms with Gasteiger partial charge in [-0.15, -0.1) is 0 Å². The normalized spacial score (nSPS) is 13.9. The number of likely N-dealkylation sites (N-methyl/N-ethyl adjacent to an activating group) is 2. The predicted octanol–water partition coefficient (Wildman–Crippen LogP) is 2.04. The highest BCUT2D eigenvalue weighted by Gasteiger charge is 2.35. The molecule has 1 aromatic heterocycles. The average molecular weight is 250 g/mol. The van der Waals surface area contributed by atoms with Gasteiger partial charge in [0.2, 0.25) is 0 Å². The number of nitrogens with zero attached hydrogens (tertiary/aromatic N) is 2. The molecule has 3 N–H and O–H groups in total. The van der Waals surface area contributed by atoms with E-state index in [4.69, 9.17) is 5.73 Å². The number of hydrogen-bond donors (Lipinski definition) is 2. The van der Waals surface area contributed by atoms with Crippen LogP contribution >= 0.6 is 0 Å². The lowest BCUT2D eigenvalue weighted by Crippen LogP contribution is -2.52. The summed E-state index contributed by atoms with van der Waals surface area (Å²) in [5, 5.41) is 3.39. The largest absolute Gasteiger partial charge is 0.383 e. The van der Waals surface area contributed by atoms with Gasteiger partial charge in [-0.05, 0) is 40.1 Å². The lowest BCUT2D eigenvalue weighted by Gasteiger charge is -2.43. The van der Waals surface area contributed by atoms with E-state index in [1.54, 1.807) is 6.20 Å². The van der Waals surface area contributed by atoms with Crippen molar-refractivity contribution in [1.82, 2.24) is 15.2 Å². The monoisotopic (exact) mass is 250 g/mol. The Kier molecular flexibility index (Phi) is 5.11. The van der Waals surface area contributed by atoms with Crippen molar-refractivity contribution in [3.05, 3.63) is 23.9 Å². The van der Waals surface area contributed by atoms with Crippen LogP contribution in [0.15, 0.2) is 18.3 Å². The molecule has 0 radical (unpaired) electrons. The minimum absolute atomic E-state index is 0.0184. The summed E-state index contributed by atoms with van der Waals surface area (Å²) in [7, 11) is 1.97. The van der Waals surface area contributed by atoms with Gasteiger partial charge in [0.15, 0.2) is 0 Å². The molecule has 0 saturated heterocycles. The molecular weight excluding hydrogens is 224 g/mol. The number of nitrogen functional groups attached to an aromatic ring is 1. The maximum absolute atomic E-state index is 6.01. The van der Waals surface area contributed by atoms with Crippen molar-refractivity contribution in [2.45, 2.75) is 39.3 Å². The predicted molar refractivity (Wildman–Crippen MR) is 77.5 cm³/mol. The Bertz CT molecular complexity index is 372. The second-order valence-electron chi connectivity index (χ2n) is 5.03. The van der Waals surface area contributed by atoms with Crippen LogP contribution in [0.1, 0.15) is 39.3 Å². The standard InChI is InChI=1S/C14H26N4/c1-6-18(7-2)14(3,4)12(16-5)11-9-8-10-17-13(11)15/h8-10,12,16H,6-7H2,1-5H3,(H2,15,17). The van der Waals surface area contributed by atoms with Crippen LogP contribution in [0.4, 0.5) is 5.82 Å². The number of anilines is 1. The second-order valence-corrected chi connectivity index (χ2v) is 5.03. The number of hydrogen-bond acceptors (Lipinski definition) is 4. The number of aromatic nitrogens is 1. The zero-order chi connectivity index (χ0) is 13.8. The average Bonchev–Trinajstić information content (AvgIpc) is 2.33. The molecule has 0 aromatic carbocycles. The van der Waals surface area contributed by atoms with Crippen LogP contribution in [0.2, 0.25) is 0 Å². The van der Waals surface area contributed by atoms with E-state index in [9.17, 15) is 0 Å². The van der Waals surface area contributed by atoms with Gasteiger partial charge in [-0.25, -0.2) is 4.98 Å². The van der Waals surface area contributed by atoms with Gasteiger partial charge in [0.05, 0.1) is 6.04 Å². The first kappa shape index (κ1) is 14.9. The molecule has 0 saturated carbocycles. The van der Waals surface area contributed by atoms with Crippen LogP contribution in [0.25, 0.3) is 0 Å². The van der Waals surface area contributed by atoms with E-state index in [1.165, 1.54) is 0 Å². The van der Waals surface area contributed by atoms with Crippen molar-refractivity contribution < 1.29 is 0 Å². The van der Waals surface area contributed by atoms with Crippen molar-refractivity contribution in [2.24, 2.45) is 0 Å². The minimum atomic E-state index is -0.0184. The Morgan fingerprint density at radius 3 is 2.44 bits per heavy atom. The fraction of sp³-hybridized carbons (Fsp3) is 0.643. The highest BCUT2D eigenvalue weighted by molar-refractivity contribution is 5.42. The SMILES string of the molecule is CCN(CC)C(C)(C)C(NC)c1cccnc1N. The molecule has 18 heavy (non-hydrogen) atoms.